The lowest BCUT2D eigenvalue weighted by molar-refractivity contribution is -0.150. The number of nitrogens with zero attached hydrogens (tertiary/aromatic N) is 1. The summed E-state index contributed by atoms with van der Waals surface area (Å²) in [7, 11) is 2.00. The van der Waals surface area contributed by atoms with E-state index in [0.717, 1.165) is 32.0 Å². The summed E-state index contributed by atoms with van der Waals surface area (Å²) in [4.78, 5) is 14.1. The first-order valence-electron chi connectivity index (χ1n) is 6.78. The van der Waals surface area contributed by atoms with E-state index in [2.05, 4.69) is 17.1 Å². The third-order valence-corrected chi connectivity index (χ3v) is 3.53. The van der Waals surface area contributed by atoms with Gasteiger partial charge in [0.15, 0.2) is 0 Å². The van der Waals surface area contributed by atoms with Crippen LogP contribution in [0.1, 0.15) is 33.1 Å². The Morgan fingerprint density at radius 3 is 2.44 bits per heavy atom. The van der Waals surface area contributed by atoms with E-state index in [1.165, 1.54) is 12.8 Å². The van der Waals surface area contributed by atoms with E-state index >= 15 is 0 Å². The molecular weight excluding hydrogens is 252 g/mol. The average Bonchev–Trinajstić information content (AvgIpc) is 2.33. The molecule has 1 heterocycles. The Morgan fingerprint density at radius 1 is 1.39 bits per heavy atom. The predicted molar refractivity (Wildman–Crippen MR) is 76.2 cm³/mol. The Bertz CT molecular complexity index is 231. The van der Waals surface area contributed by atoms with Crippen LogP contribution in [0.2, 0.25) is 0 Å². The van der Waals surface area contributed by atoms with Crippen molar-refractivity contribution in [1.29, 1.82) is 0 Å². The zero-order valence-electron chi connectivity index (χ0n) is 11.8. The Kier molecular flexibility index (Phi) is 9.42. The fraction of sp³-hybridized carbons (Fsp3) is 0.923. The van der Waals surface area contributed by atoms with Crippen LogP contribution in [-0.2, 0) is 9.53 Å². The van der Waals surface area contributed by atoms with E-state index in [1.807, 2.05) is 14.0 Å². The summed E-state index contributed by atoms with van der Waals surface area (Å²) in [6.45, 7) is 7.52. The second-order valence-corrected chi connectivity index (χ2v) is 4.71. The molecule has 1 aliphatic heterocycles. The van der Waals surface area contributed by atoms with Crippen LogP contribution in [0, 0.1) is 5.92 Å². The molecule has 0 aromatic rings. The number of piperidine rings is 1. The van der Waals surface area contributed by atoms with Crippen LogP contribution in [0.15, 0.2) is 0 Å². The fourth-order valence-corrected chi connectivity index (χ4v) is 2.57. The highest BCUT2D eigenvalue weighted by Gasteiger charge is 2.29. The highest BCUT2D eigenvalue weighted by atomic mass is 35.5. The molecule has 0 radical (unpaired) electrons. The lowest BCUT2D eigenvalue weighted by Gasteiger charge is -2.35. The number of carbonyl (C=O) groups is 1. The van der Waals surface area contributed by atoms with E-state index in [1.54, 1.807) is 0 Å². The van der Waals surface area contributed by atoms with Crippen LogP contribution >= 0.6 is 12.4 Å². The molecule has 0 amide bonds. The maximum atomic E-state index is 11.8. The normalized spacial score (nSPS) is 19.1. The minimum atomic E-state index is -0.0536. The number of nitrogens with one attached hydrogen (secondary N) is 1. The van der Waals surface area contributed by atoms with Crippen LogP contribution in [0.5, 0.6) is 0 Å². The van der Waals surface area contributed by atoms with Crippen LogP contribution in [0.4, 0.5) is 0 Å². The smallest absolute Gasteiger partial charge is 0.323 e. The van der Waals surface area contributed by atoms with Gasteiger partial charge in [-0.05, 0) is 58.8 Å². The highest BCUT2D eigenvalue weighted by molar-refractivity contribution is 5.85. The van der Waals surface area contributed by atoms with Gasteiger partial charge in [0, 0.05) is 0 Å². The van der Waals surface area contributed by atoms with Gasteiger partial charge in [0.2, 0.25) is 0 Å². The van der Waals surface area contributed by atoms with Crippen molar-refractivity contribution in [2.75, 3.05) is 33.3 Å². The molecule has 0 aliphatic carbocycles. The van der Waals surface area contributed by atoms with Gasteiger partial charge in [-0.1, -0.05) is 6.92 Å². The van der Waals surface area contributed by atoms with Crippen molar-refractivity contribution in [1.82, 2.24) is 10.2 Å². The van der Waals surface area contributed by atoms with Crippen LogP contribution in [0.25, 0.3) is 0 Å². The Labute approximate surface area is 117 Å². The number of likely N-dealkylation sites (tertiary alicyclic amines) is 1. The molecule has 1 fully saturated rings. The van der Waals surface area contributed by atoms with Gasteiger partial charge in [0.05, 0.1) is 6.61 Å². The van der Waals surface area contributed by atoms with Gasteiger partial charge in [-0.15, -0.1) is 12.4 Å². The quantitative estimate of drug-likeness (QED) is 0.751. The van der Waals surface area contributed by atoms with Crippen LogP contribution in [-0.4, -0.2) is 50.2 Å². The fourth-order valence-electron chi connectivity index (χ4n) is 2.57. The third-order valence-electron chi connectivity index (χ3n) is 3.53. The first-order chi connectivity index (χ1) is 8.22. The van der Waals surface area contributed by atoms with Gasteiger partial charge < -0.3 is 10.1 Å². The number of ether oxygens (including phenoxy) is 1. The second kappa shape index (κ2) is 9.59. The summed E-state index contributed by atoms with van der Waals surface area (Å²) in [5, 5.41) is 3.23. The summed E-state index contributed by atoms with van der Waals surface area (Å²) in [6, 6.07) is -0.0366. The minimum absolute atomic E-state index is 0. The highest BCUT2D eigenvalue weighted by Crippen LogP contribution is 2.20. The summed E-state index contributed by atoms with van der Waals surface area (Å²) >= 11 is 0. The van der Waals surface area contributed by atoms with Gasteiger partial charge in [0.1, 0.15) is 6.04 Å². The van der Waals surface area contributed by atoms with E-state index in [9.17, 15) is 4.79 Å². The number of rotatable bonds is 6. The molecule has 1 rings (SSSR count). The van der Waals surface area contributed by atoms with Gasteiger partial charge in [-0.25, -0.2) is 0 Å². The zero-order chi connectivity index (χ0) is 12.7. The Hall–Kier alpha value is -0.320. The molecule has 0 aromatic carbocycles. The Morgan fingerprint density at radius 2 is 2.00 bits per heavy atom. The molecular formula is C13H27ClN2O2. The van der Waals surface area contributed by atoms with Crippen LogP contribution in [0.3, 0.4) is 0 Å². The largest absolute Gasteiger partial charge is 0.465 e. The van der Waals surface area contributed by atoms with E-state index in [0.29, 0.717) is 6.61 Å². The van der Waals surface area contributed by atoms with Gasteiger partial charge in [-0.2, -0.15) is 0 Å². The number of esters is 1. The monoisotopic (exact) mass is 278 g/mol. The van der Waals surface area contributed by atoms with Crippen molar-refractivity contribution in [2.45, 2.75) is 39.2 Å². The predicted octanol–water partition coefficient (Wildman–Crippen LogP) is 1.68. The average molecular weight is 279 g/mol. The molecule has 1 atom stereocenters. The van der Waals surface area contributed by atoms with Crippen molar-refractivity contribution in [3.05, 3.63) is 0 Å². The third kappa shape index (κ3) is 5.12. The summed E-state index contributed by atoms with van der Waals surface area (Å²) < 4.78 is 5.13. The van der Waals surface area contributed by atoms with Gasteiger partial charge in [-0.3, -0.25) is 9.69 Å². The molecule has 108 valence electrons. The number of halogens is 1. The molecule has 18 heavy (non-hydrogen) atoms. The Balaban J connectivity index is 0.00000289. The van der Waals surface area contributed by atoms with Gasteiger partial charge >= 0.3 is 5.97 Å². The zero-order valence-corrected chi connectivity index (χ0v) is 12.6. The molecule has 1 N–H and O–H groups in total. The number of hydrogen-bond acceptors (Lipinski definition) is 4. The molecule has 0 bridgehead atoms. The van der Waals surface area contributed by atoms with Crippen molar-refractivity contribution in [3.8, 4) is 0 Å². The lowest BCUT2D eigenvalue weighted by Crippen LogP contribution is -2.47. The lowest BCUT2D eigenvalue weighted by atomic mass is 9.95. The standard InChI is InChI=1S/C13H26N2O2.ClH/c1-4-12(13(16)17-5-2)15-8-6-11(7-9-15)10-14-3;/h11-12,14H,4-10H2,1-3H3;1H. The van der Waals surface area contributed by atoms with Crippen molar-refractivity contribution < 1.29 is 9.53 Å². The number of hydrogen-bond donors (Lipinski definition) is 1. The topological polar surface area (TPSA) is 41.6 Å². The molecule has 0 spiro atoms. The van der Waals surface area contributed by atoms with E-state index < -0.39 is 0 Å². The van der Waals surface area contributed by atoms with Gasteiger partial charge in [0.25, 0.3) is 0 Å². The maximum Gasteiger partial charge on any atom is 0.323 e. The van der Waals surface area contributed by atoms with Crippen molar-refractivity contribution in [2.24, 2.45) is 5.92 Å². The van der Waals surface area contributed by atoms with E-state index in [-0.39, 0.29) is 24.4 Å². The second-order valence-electron chi connectivity index (χ2n) is 4.71. The molecule has 1 aliphatic rings. The summed E-state index contributed by atoms with van der Waals surface area (Å²) in [6.07, 6.45) is 3.20. The molecule has 1 saturated heterocycles. The minimum Gasteiger partial charge on any atom is -0.465 e. The maximum absolute atomic E-state index is 11.8. The van der Waals surface area contributed by atoms with E-state index in [4.69, 9.17) is 4.74 Å². The molecule has 0 aromatic heterocycles. The molecule has 4 nitrogen and oxygen atoms in total. The molecule has 5 heteroatoms. The summed E-state index contributed by atoms with van der Waals surface area (Å²) in [5.74, 6) is 0.706. The summed E-state index contributed by atoms with van der Waals surface area (Å²) in [5.41, 5.74) is 0. The SMILES string of the molecule is CCOC(=O)C(CC)N1CCC(CNC)CC1.Cl. The number of carbonyl (C=O) groups excluding carboxylic acids is 1. The van der Waals surface area contributed by atoms with Crippen molar-refractivity contribution in [3.63, 3.8) is 0 Å². The van der Waals surface area contributed by atoms with Crippen molar-refractivity contribution >= 4 is 18.4 Å². The first-order valence-corrected chi connectivity index (χ1v) is 6.78. The molecule has 0 saturated carbocycles. The first kappa shape index (κ1) is 17.7. The van der Waals surface area contributed by atoms with Crippen LogP contribution < -0.4 is 5.32 Å². The molecule has 1 unspecified atom stereocenters.